The predicted molar refractivity (Wildman–Crippen MR) is 122 cm³/mol. The summed E-state index contributed by atoms with van der Waals surface area (Å²) in [5, 5.41) is 27.8. The molecule has 35 heavy (non-hydrogen) atoms. The Morgan fingerprint density at radius 3 is 2.49 bits per heavy atom. The summed E-state index contributed by atoms with van der Waals surface area (Å²) in [7, 11) is 0. The van der Waals surface area contributed by atoms with Gasteiger partial charge in [0.15, 0.2) is 5.82 Å². The van der Waals surface area contributed by atoms with E-state index >= 15 is 0 Å². The Hall–Kier alpha value is -3.75. The quantitative estimate of drug-likeness (QED) is 0.126. The number of nitrogens with zero attached hydrogens (tertiary/aromatic N) is 2. The molecule has 0 aliphatic rings. The number of nitrogens with two attached hydrogens (primary N) is 3. The highest BCUT2D eigenvalue weighted by Crippen LogP contribution is 2.20. The maximum atomic E-state index is 12.7. The van der Waals surface area contributed by atoms with Gasteiger partial charge < -0.3 is 47.3 Å². The Kier molecular flexibility index (Phi) is 10.9. The Morgan fingerprint density at radius 1 is 1.14 bits per heavy atom. The summed E-state index contributed by atoms with van der Waals surface area (Å²) < 4.78 is 10.4. The number of primary amides is 1. The van der Waals surface area contributed by atoms with Crippen LogP contribution in [0.1, 0.15) is 55.0 Å². The first-order valence-electron chi connectivity index (χ1n) is 10.9. The van der Waals surface area contributed by atoms with Crippen molar-refractivity contribution in [3.63, 3.8) is 0 Å². The number of phenolic OH excluding ortho intramolecular Hbond substituents is 1. The first-order valence-corrected chi connectivity index (χ1v) is 10.9. The van der Waals surface area contributed by atoms with Crippen LogP contribution < -0.4 is 27.8 Å². The first kappa shape index (κ1) is 27.5. The van der Waals surface area contributed by atoms with Crippen molar-refractivity contribution in [2.45, 2.75) is 50.2 Å². The molecule has 0 radical (unpaired) electrons. The maximum absolute atomic E-state index is 12.7. The molecular formula is C21H31N7O7. The number of carboxylic acids is 1. The van der Waals surface area contributed by atoms with Crippen LogP contribution in [-0.2, 0) is 20.7 Å². The summed E-state index contributed by atoms with van der Waals surface area (Å²) in [4.78, 5) is 39.5. The van der Waals surface area contributed by atoms with Crippen LogP contribution >= 0.6 is 0 Å². The van der Waals surface area contributed by atoms with Gasteiger partial charge in [0.2, 0.25) is 11.8 Å². The van der Waals surface area contributed by atoms with Gasteiger partial charge in [0.1, 0.15) is 17.8 Å². The Balaban J connectivity index is 2.07. The van der Waals surface area contributed by atoms with E-state index in [0.717, 1.165) is 0 Å². The van der Waals surface area contributed by atoms with Gasteiger partial charge in [-0.1, -0.05) is 17.3 Å². The fraction of sp³-hybridized carbons (Fsp3) is 0.476. The number of amides is 3. The smallest absolute Gasteiger partial charge is 0.326 e. The van der Waals surface area contributed by atoms with E-state index in [2.05, 4.69) is 20.8 Å². The van der Waals surface area contributed by atoms with Crippen LogP contribution in [0.25, 0.3) is 0 Å². The summed E-state index contributed by atoms with van der Waals surface area (Å²) in [6.07, 6.45) is 1.06. The van der Waals surface area contributed by atoms with Crippen LogP contribution in [-0.4, -0.2) is 57.6 Å². The van der Waals surface area contributed by atoms with Crippen LogP contribution in [0, 0.1) is 0 Å². The third-order valence-electron chi connectivity index (χ3n) is 4.97. The lowest BCUT2D eigenvalue weighted by atomic mass is 10.1. The van der Waals surface area contributed by atoms with Gasteiger partial charge in [-0.3, -0.25) is 4.79 Å². The number of phenols is 1. The van der Waals surface area contributed by atoms with E-state index in [4.69, 9.17) is 26.5 Å². The number of carbonyl (C=O) groups is 3. The average Bonchev–Trinajstić information content (AvgIpc) is 3.30. The number of benzene rings is 1. The molecule has 3 amide bonds. The van der Waals surface area contributed by atoms with Crippen LogP contribution in [0.4, 0.5) is 4.79 Å². The molecular weight excluding hydrogens is 462 g/mol. The Bertz CT molecular complexity index is 967. The van der Waals surface area contributed by atoms with Crippen molar-refractivity contribution in [3.8, 4) is 5.75 Å². The van der Waals surface area contributed by atoms with Gasteiger partial charge in [-0.15, -0.1) is 0 Å². The highest BCUT2D eigenvalue weighted by atomic mass is 16.5. The van der Waals surface area contributed by atoms with Gasteiger partial charge in [-0.05, 0) is 37.0 Å². The number of urea groups is 1. The van der Waals surface area contributed by atoms with E-state index in [-0.39, 0.29) is 43.5 Å². The fourth-order valence-electron chi connectivity index (χ4n) is 3.12. The second kappa shape index (κ2) is 13.8. The second-order valence-corrected chi connectivity index (χ2v) is 7.75. The number of aromatic nitrogens is 2. The van der Waals surface area contributed by atoms with E-state index in [1.807, 2.05) is 0 Å². The molecule has 0 saturated carbocycles. The minimum atomic E-state index is -1.23. The molecule has 0 spiro atoms. The minimum Gasteiger partial charge on any atom is -0.508 e. The van der Waals surface area contributed by atoms with Gasteiger partial charge in [0.05, 0.1) is 12.8 Å². The molecule has 2 aromatic rings. The van der Waals surface area contributed by atoms with Crippen LogP contribution in [0.5, 0.6) is 5.75 Å². The molecule has 1 aromatic heterocycles. The van der Waals surface area contributed by atoms with Gasteiger partial charge >= 0.3 is 12.0 Å². The van der Waals surface area contributed by atoms with Crippen molar-refractivity contribution in [3.05, 3.63) is 41.5 Å². The number of aromatic hydroxyl groups is 1. The molecule has 0 saturated heterocycles. The fourth-order valence-corrected chi connectivity index (χ4v) is 3.12. The summed E-state index contributed by atoms with van der Waals surface area (Å²) in [5.41, 5.74) is 17.0. The van der Waals surface area contributed by atoms with Crippen molar-refractivity contribution in [2.24, 2.45) is 17.2 Å². The lowest BCUT2D eigenvalue weighted by molar-refractivity contribution is -0.139. The summed E-state index contributed by atoms with van der Waals surface area (Å²) in [5.74, 6) is -1.51. The Labute approximate surface area is 201 Å². The number of hydrogen-bond acceptors (Lipinski definition) is 10. The Morgan fingerprint density at radius 2 is 1.86 bits per heavy atom. The maximum Gasteiger partial charge on any atom is 0.326 e. The summed E-state index contributed by atoms with van der Waals surface area (Å²) in [6, 6.07) is 2.50. The monoisotopic (exact) mass is 493 g/mol. The van der Waals surface area contributed by atoms with Crippen molar-refractivity contribution < 1.29 is 33.9 Å². The zero-order valence-corrected chi connectivity index (χ0v) is 19.1. The molecule has 2 rings (SSSR count). The molecule has 14 heteroatoms. The lowest BCUT2D eigenvalue weighted by Gasteiger charge is -2.19. The van der Waals surface area contributed by atoms with Crippen LogP contribution in [0.3, 0.4) is 0 Å². The van der Waals surface area contributed by atoms with Crippen LogP contribution in [0.15, 0.2) is 28.8 Å². The molecule has 10 N–H and O–H groups in total. The zero-order valence-electron chi connectivity index (χ0n) is 19.1. The van der Waals surface area contributed by atoms with Gasteiger partial charge in [-0.25, -0.2) is 9.59 Å². The highest BCUT2D eigenvalue weighted by Gasteiger charge is 2.26. The predicted octanol–water partition coefficient (Wildman–Crippen LogP) is -0.210. The first-order chi connectivity index (χ1) is 16.7. The molecule has 0 aliphatic carbocycles. The number of carbonyl (C=O) groups excluding carboxylic acids is 2. The lowest BCUT2D eigenvalue weighted by Crippen LogP contribution is -2.48. The second-order valence-electron chi connectivity index (χ2n) is 7.75. The van der Waals surface area contributed by atoms with E-state index in [1.54, 1.807) is 12.1 Å². The number of carboxylic acid groups (broad SMARTS) is 1. The molecule has 14 nitrogen and oxygen atoms in total. The average molecular weight is 494 g/mol. The standard InChI is InChI=1S/C21H31N7O7/c22-11-34-9-1-2-15(19-27-18(28-35-19)14(23)7-8-17(24)30)25-21(33)26-16(20(31)32)10-12-3-5-13(29)6-4-12/h3-6,14-16,29H,1-2,7-11,22-23H2,(H2,24,30)(H,31,32)(H2,25,26,33)/t14-,15?,16-/m0/s1. The normalized spacial score (nSPS) is 13.5. The number of aliphatic carboxylic acids is 1. The van der Waals surface area contributed by atoms with Crippen molar-refractivity contribution in [1.29, 1.82) is 0 Å². The van der Waals surface area contributed by atoms with Crippen LogP contribution in [0.2, 0.25) is 0 Å². The van der Waals surface area contributed by atoms with Crippen molar-refractivity contribution >= 4 is 17.9 Å². The zero-order chi connectivity index (χ0) is 25.8. The third kappa shape index (κ3) is 9.56. The molecule has 0 aliphatic heterocycles. The molecule has 1 heterocycles. The summed E-state index contributed by atoms with van der Waals surface area (Å²) in [6.45, 7) is 0.351. The third-order valence-corrected chi connectivity index (χ3v) is 4.97. The molecule has 3 atom stereocenters. The molecule has 0 bridgehead atoms. The molecule has 0 fully saturated rings. The number of nitrogens with one attached hydrogen (secondary N) is 2. The van der Waals surface area contributed by atoms with Gasteiger partial charge in [0.25, 0.3) is 0 Å². The van der Waals surface area contributed by atoms with Crippen molar-refractivity contribution in [2.75, 3.05) is 13.3 Å². The number of ether oxygens (including phenoxy) is 1. The highest BCUT2D eigenvalue weighted by molar-refractivity contribution is 5.83. The number of hydrogen-bond donors (Lipinski definition) is 7. The summed E-state index contributed by atoms with van der Waals surface area (Å²) >= 11 is 0. The van der Waals surface area contributed by atoms with Gasteiger partial charge in [-0.2, -0.15) is 4.98 Å². The minimum absolute atomic E-state index is 0.00252. The van der Waals surface area contributed by atoms with E-state index in [0.29, 0.717) is 25.0 Å². The molecule has 1 aromatic carbocycles. The SMILES string of the molecule is NCOCCCC(NC(=O)N[C@@H](Cc1ccc(O)cc1)C(=O)O)c1nc([C@@H](N)CCC(N)=O)no1. The number of rotatable bonds is 15. The molecule has 1 unspecified atom stereocenters. The van der Waals surface area contributed by atoms with E-state index in [9.17, 15) is 24.6 Å². The molecule has 192 valence electrons. The van der Waals surface area contributed by atoms with Gasteiger partial charge in [0, 0.05) is 19.4 Å². The van der Waals surface area contributed by atoms with E-state index in [1.165, 1.54) is 12.1 Å². The largest absolute Gasteiger partial charge is 0.508 e. The topological polar surface area (TPSA) is 242 Å². The van der Waals surface area contributed by atoms with Crippen molar-refractivity contribution in [1.82, 2.24) is 20.8 Å². The van der Waals surface area contributed by atoms with E-state index < -0.39 is 36.0 Å².